The molecule has 1 saturated carbocycles. The largest absolute Gasteiger partial charge is 0.464 e. The molecule has 21 heavy (non-hydrogen) atoms. The molecular weight excluding hydrogens is 266 g/mol. The van der Waals surface area contributed by atoms with Crippen LogP contribution in [-0.2, 0) is 14.3 Å². The molecule has 0 aliphatic heterocycles. The van der Waals surface area contributed by atoms with E-state index in [1.165, 1.54) is 6.42 Å². The van der Waals surface area contributed by atoms with Crippen molar-refractivity contribution >= 4 is 11.9 Å². The van der Waals surface area contributed by atoms with E-state index in [4.69, 9.17) is 4.74 Å². The topological polar surface area (TPSA) is 55.4 Å². The maximum absolute atomic E-state index is 12.5. The van der Waals surface area contributed by atoms with Crippen LogP contribution < -0.4 is 5.32 Å². The molecule has 1 N–H and O–H groups in total. The van der Waals surface area contributed by atoms with Crippen LogP contribution in [0, 0.1) is 23.7 Å². The monoisotopic (exact) mass is 297 g/mol. The summed E-state index contributed by atoms with van der Waals surface area (Å²) in [5.74, 6) is 1.19. The summed E-state index contributed by atoms with van der Waals surface area (Å²) in [5, 5.41) is 2.85. The molecule has 0 heterocycles. The lowest BCUT2D eigenvalue weighted by Crippen LogP contribution is -2.46. The molecule has 1 fully saturated rings. The number of esters is 1. The van der Waals surface area contributed by atoms with Gasteiger partial charge in [-0.15, -0.1) is 0 Å². The molecule has 4 nitrogen and oxygen atoms in total. The number of rotatable bonds is 6. The lowest BCUT2D eigenvalue weighted by atomic mass is 9.69. The van der Waals surface area contributed by atoms with E-state index in [0.29, 0.717) is 24.4 Å². The zero-order chi connectivity index (χ0) is 16.0. The zero-order valence-corrected chi connectivity index (χ0v) is 14.1. The molecule has 0 aromatic rings. The van der Waals surface area contributed by atoms with Gasteiger partial charge in [0.2, 0.25) is 5.91 Å². The maximum Gasteiger partial charge on any atom is 0.328 e. The number of amides is 1. The van der Waals surface area contributed by atoms with Gasteiger partial charge in [-0.1, -0.05) is 34.1 Å². The van der Waals surface area contributed by atoms with Gasteiger partial charge in [-0.2, -0.15) is 0 Å². The van der Waals surface area contributed by atoms with Gasteiger partial charge in [0.15, 0.2) is 0 Å². The Labute approximate surface area is 129 Å². The smallest absolute Gasteiger partial charge is 0.328 e. The number of hydrogen-bond acceptors (Lipinski definition) is 3. The van der Waals surface area contributed by atoms with E-state index >= 15 is 0 Å². The Bertz CT molecular complexity index is 354. The van der Waals surface area contributed by atoms with E-state index in [2.05, 4.69) is 26.1 Å². The fraction of sp³-hybridized carbons (Fsp3) is 0.882. The summed E-state index contributed by atoms with van der Waals surface area (Å²) in [5.41, 5.74) is 0. The molecule has 0 saturated heterocycles. The van der Waals surface area contributed by atoms with Gasteiger partial charge in [-0.25, -0.2) is 4.79 Å². The van der Waals surface area contributed by atoms with Crippen LogP contribution in [0.25, 0.3) is 0 Å². The SMILES string of the molecule is CCCOC(=O)[C@@H](C)NC(=O)C1C[C@H](C)CCC1C(C)C. The lowest BCUT2D eigenvalue weighted by molar-refractivity contribution is -0.148. The molecule has 0 spiro atoms. The first-order valence-corrected chi connectivity index (χ1v) is 8.33. The molecule has 0 radical (unpaired) electrons. The molecule has 4 heteroatoms. The second kappa shape index (κ2) is 8.40. The summed E-state index contributed by atoms with van der Waals surface area (Å²) in [6, 6.07) is -0.561. The highest BCUT2D eigenvalue weighted by molar-refractivity contribution is 5.85. The fourth-order valence-corrected chi connectivity index (χ4v) is 3.21. The lowest BCUT2D eigenvalue weighted by Gasteiger charge is -2.36. The standard InChI is InChI=1S/C17H31NO3/c1-6-9-21-17(20)13(5)18-16(19)15-10-12(4)7-8-14(15)11(2)3/h11-15H,6-10H2,1-5H3,(H,18,19)/t12-,13-,14?,15?/m1/s1. The van der Waals surface area contributed by atoms with Crippen molar-refractivity contribution in [1.82, 2.24) is 5.32 Å². The van der Waals surface area contributed by atoms with E-state index in [-0.39, 0.29) is 17.8 Å². The van der Waals surface area contributed by atoms with Crippen LogP contribution in [0.4, 0.5) is 0 Å². The van der Waals surface area contributed by atoms with Gasteiger partial charge in [-0.3, -0.25) is 4.79 Å². The van der Waals surface area contributed by atoms with Gasteiger partial charge in [0.1, 0.15) is 6.04 Å². The Morgan fingerprint density at radius 3 is 2.48 bits per heavy atom. The average Bonchev–Trinajstić information content (AvgIpc) is 2.43. The van der Waals surface area contributed by atoms with E-state index in [1.807, 2.05) is 6.92 Å². The third kappa shape index (κ3) is 5.33. The Kier molecular flexibility index (Phi) is 7.20. The van der Waals surface area contributed by atoms with Gasteiger partial charge in [0.05, 0.1) is 6.61 Å². The minimum atomic E-state index is -0.561. The zero-order valence-electron chi connectivity index (χ0n) is 14.1. The van der Waals surface area contributed by atoms with E-state index in [1.54, 1.807) is 6.92 Å². The molecule has 2 unspecified atom stereocenters. The van der Waals surface area contributed by atoms with Crippen molar-refractivity contribution in [2.45, 2.75) is 66.3 Å². The van der Waals surface area contributed by atoms with Gasteiger partial charge < -0.3 is 10.1 Å². The number of carbonyl (C=O) groups excluding carboxylic acids is 2. The third-order valence-corrected chi connectivity index (χ3v) is 4.52. The highest BCUT2D eigenvalue weighted by atomic mass is 16.5. The van der Waals surface area contributed by atoms with Crippen LogP contribution in [0.1, 0.15) is 60.3 Å². The van der Waals surface area contributed by atoms with Gasteiger partial charge >= 0.3 is 5.97 Å². The molecule has 0 aromatic heterocycles. The van der Waals surface area contributed by atoms with Crippen LogP contribution in [0.5, 0.6) is 0 Å². The summed E-state index contributed by atoms with van der Waals surface area (Å²) in [4.78, 5) is 24.3. The first-order valence-electron chi connectivity index (χ1n) is 8.33. The molecule has 4 atom stereocenters. The Morgan fingerprint density at radius 1 is 1.24 bits per heavy atom. The van der Waals surface area contributed by atoms with Crippen molar-refractivity contribution < 1.29 is 14.3 Å². The number of nitrogens with one attached hydrogen (secondary N) is 1. The average molecular weight is 297 g/mol. The predicted molar refractivity (Wildman–Crippen MR) is 83.7 cm³/mol. The predicted octanol–water partition coefficient (Wildman–Crippen LogP) is 3.15. The Hall–Kier alpha value is -1.06. The minimum absolute atomic E-state index is 0.0150. The molecule has 1 amide bonds. The van der Waals surface area contributed by atoms with E-state index in [9.17, 15) is 9.59 Å². The second-order valence-electron chi connectivity index (χ2n) is 6.83. The number of ether oxygens (including phenoxy) is 1. The Morgan fingerprint density at radius 2 is 1.90 bits per heavy atom. The van der Waals surface area contributed by atoms with Crippen LogP contribution in [0.2, 0.25) is 0 Å². The molecule has 1 aliphatic rings. The normalized spacial score (nSPS) is 27.2. The van der Waals surface area contributed by atoms with Crippen LogP contribution >= 0.6 is 0 Å². The van der Waals surface area contributed by atoms with Gasteiger partial charge in [0.25, 0.3) is 0 Å². The Balaban J connectivity index is 2.60. The highest BCUT2D eigenvalue weighted by Gasteiger charge is 2.36. The molecular formula is C17H31NO3. The summed E-state index contributed by atoms with van der Waals surface area (Å²) in [7, 11) is 0. The van der Waals surface area contributed by atoms with E-state index in [0.717, 1.165) is 19.3 Å². The summed E-state index contributed by atoms with van der Waals surface area (Å²) in [6.45, 7) is 10.6. The minimum Gasteiger partial charge on any atom is -0.464 e. The van der Waals surface area contributed by atoms with Crippen molar-refractivity contribution in [2.24, 2.45) is 23.7 Å². The molecule has 1 rings (SSSR count). The van der Waals surface area contributed by atoms with Crippen LogP contribution in [-0.4, -0.2) is 24.5 Å². The molecule has 0 aromatic carbocycles. The van der Waals surface area contributed by atoms with Crippen molar-refractivity contribution in [3.63, 3.8) is 0 Å². The summed E-state index contributed by atoms with van der Waals surface area (Å²) in [6.07, 6.45) is 4.01. The fourth-order valence-electron chi connectivity index (χ4n) is 3.21. The van der Waals surface area contributed by atoms with Crippen molar-refractivity contribution in [2.75, 3.05) is 6.61 Å². The quantitative estimate of drug-likeness (QED) is 0.766. The third-order valence-electron chi connectivity index (χ3n) is 4.52. The highest BCUT2D eigenvalue weighted by Crippen LogP contribution is 2.38. The van der Waals surface area contributed by atoms with Crippen molar-refractivity contribution in [1.29, 1.82) is 0 Å². The van der Waals surface area contributed by atoms with Gasteiger partial charge in [-0.05, 0) is 43.9 Å². The summed E-state index contributed by atoms with van der Waals surface area (Å²) >= 11 is 0. The van der Waals surface area contributed by atoms with Crippen molar-refractivity contribution in [3.05, 3.63) is 0 Å². The molecule has 122 valence electrons. The van der Waals surface area contributed by atoms with Gasteiger partial charge in [0, 0.05) is 5.92 Å². The van der Waals surface area contributed by atoms with Crippen LogP contribution in [0.15, 0.2) is 0 Å². The first-order chi connectivity index (χ1) is 9.86. The van der Waals surface area contributed by atoms with Crippen LogP contribution in [0.3, 0.4) is 0 Å². The summed E-state index contributed by atoms with van der Waals surface area (Å²) < 4.78 is 5.08. The maximum atomic E-state index is 12.5. The van der Waals surface area contributed by atoms with Crippen molar-refractivity contribution in [3.8, 4) is 0 Å². The van der Waals surface area contributed by atoms with E-state index < -0.39 is 6.04 Å². The second-order valence-corrected chi connectivity index (χ2v) is 6.83. The number of hydrogen-bond donors (Lipinski definition) is 1. The number of carbonyl (C=O) groups is 2. The first kappa shape index (κ1) is 18.0. The molecule has 1 aliphatic carbocycles. The molecule has 0 bridgehead atoms.